The Labute approximate surface area is 235 Å². The lowest BCUT2D eigenvalue weighted by atomic mass is 9.96. The largest absolute Gasteiger partial charge is 0.497 e. The van der Waals surface area contributed by atoms with Crippen LogP contribution in [0.15, 0.2) is 54.7 Å². The zero-order valence-corrected chi connectivity index (χ0v) is 23.3. The van der Waals surface area contributed by atoms with Crippen molar-refractivity contribution in [3.8, 4) is 11.5 Å². The number of anilines is 1. The van der Waals surface area contributed by atoms with Gasteiger partial charge in [0.05, 0.1) is 25.3 Å². The number of hydrogen-bond acceptors (Lipinski definition) is 6. The standard InChI is InChI=1S/C32H36N4O4/c1-19-28(11-7-21-13-14-40-30(19)21)32(38)35-24-16-25-9-10-26(17-24)36(25)29-12-8-23(18-33-29)31(37)34-20(2)22-5-4-6-27(15-22)39-3/h4-8,11-12,15,18,20,24-26H,9-10,13-14,16-17H2,1-3H3,(H,34,37)(H,35,38)/t20?,24?,25-,26?/m0/s1. The molecule has 4 heterocycles. The van der Waals surface area contributed by atoms with Crippen LogP contribution in [0.5, 0.6) is 11.5 Å². The van der Waals surface area contributed by atoms with E-state index in [9.17, 15) is 9.59 Å². The Balaban J connectivity index is 1.08. The highest BCUT2D eigenvalue weighted by molar-refractivity contribution is 5.97. The molecule has 2 bridgehead atoms. The summed E-state index contributed by atoms with van der Waals surface area (Å²) in [4.78, 5) is 33.2. The van der Waals surface area contributed by atoms with Gasteiger partial charge < -0.3 is 25.0 Å². The molecule has 3 aliphatic rings. The minimum absolute atomic E-state index is 0.0229. The number of ether oxygens (including phenoxy) is 2. The Morgan fingerprint density at radius 2 is 1.88 bits per heavy atom. The predicted octanol–water partition coefficient (Wildman–Crippen LogP) is 4.75. The third-order valence-electron chi connectivity index (χ3n) is 8.63. The highest BCUT2D eigenvalue weighted by atomic mass is 16.5. The van der Waals surface area contributed by atoms with Crippen LogP contribution in [0.2, 0.25) is 0 Å². The van der Waals surface area contributed by atoms with Crippen LogP contribution in [0.1, 0.15) is 76.1 Å². The summed E-state index contributed by atoms with van der Waals surface area (Å²) in [5.41, 5.74) is 4.32. The normalized spacial score (nSPS) is 21.8. The molecule has 3 aliphatic heterocycles. The van der Waals surface area contributed by atoms with Crippen LogP contribution in [-0.4, -0.2) is 48.6 Å². The van der Waals surface area contributed by atoms with Crippen LogP contribution in [-0.2, 0) is 6.42 Å². The van der Waals surface area contributed by atoms with Crippen LogP contribution < -0.4 is 25.0 Å². The lowest BCUT2D eigenvalue weighted by Crippen LogP contribution is -2.50. The summed E-state index contributed by atoms with van der Waals surface area (Å²) in [5.74, 6) is 2.34. The number of methoxy groups -OCH3 is 1. The van der Waals surface area contributed by atoms with Gasteiger partial charge in [0, 0.05) is 41.9 Å². The van der Waals surface area contributed by atoms with E-state index >= 15 is 0 Å². The van der Waals surface area contributed by atoms with Crippen molar-refractivity contribution in [1.29, 1.82) is 0 Å². The highest BCUT2D eigenvalue weighted by Gasteiger charge is 2.42. The summed E-state index contributed by atoms with van der Waals surface area (Å²) in [6.07, 6.45) is 6.47. The summed E-state index contributed by atoms with van der Waals surface area (Å²) < 4.78 is 11.1. The molecule has 8 heteroatoms. The number of fused-ring (bicyclic) bond motifs is 3. The van der Waals surface area contributed by atoms with Gasteiger partial charge in [-0.15, -0.1) is 0 Å². The van der Waals surface area contributed by atoms with E-state index in [2.05, 4.69) is 15.5 Å². The van der Waals surface area contributed by atoms with Crippen molar-refractivity contribution in [2.24, 2.45) is 0 Å². The maximum Gasteiger partial charge on any atom is 0.253 e. The lowest BCUT2D eigenvalue weighted by molar-refractivity contribution is 0.0922. The number of hydrogen-bond donors (Lipinski definition) is 2. The smallest absolute Gasteiger partial charge is 0.253 e. The number of carbonyl (C=O) groups excluding carboxylic acids is 2. The fourth-order valence-corrected chi connectivity index (χ4v) is 6.53. The summed E-state index contributed by atoms with van der Waals surface area (Å²) >= 11 is 0. The molecule has 2 amide bonds. The number of aromatic nitrogens is 1. The van der Waals surface area contributed by atoms with E-state index in [-0.39, 0.29) is 23.9 Å². The molecule has 2 fully saturated rings. The summed E-state index contributed by atoms with van der Waals surface area (Å²) in [6, 6.07) is 16.0. The number of piperidine rings is 1. The van der Waals surface area contributed by atoms with Gasteiger partial charge in [0.25, 0.3) is 11.8 Å². The molecule has 208 valence electrons. The molecule has 0 aliphatic carbocycles. The van der Waals surface area contributed by atoms with E-state index in [0.29, 0.717) is 29.8 Å². The fraction of sp³-hybridized carbons (Fsp3) is 0.406. The molecule has 2 aromatic carbocycles. The van der Waals surface area contributed by atoms with Gasteiger partial charge in [-0.2, -0.15) is 0 Å². The van der Waals surface area contributed by atoms with Crippen molar-refractivity contribution in [2.45, 2.75) is 70.1 Å². The molecule has 3 aromatic rings. The fourth-order valence-electron chi connectivity index (χ4n) is 6.53. The topological polar surface area (TPSA) is 92.8 Å². The Morgan fingerprint density at radius 3 is 2.60 bits per heavy atom. The van der Waals surface area contributed by atoms with Gasteiger partial charge >= 0.3 is 0 Å². The van der Waals surface area contributed by atoms with Crippen molar-refractivity contribution in [2.75, 3.05) is 18.6 Å². The minimum atomic E-state index is -0.166. The van der Waals surface area contributed by atoms with Gasteiger partial charge in [0.2, 0.25) is 0 Å². The maximum absolute atomic E-state index is 13.2. The van der Waals surface area contributed by atoms with Crippen LogP contribution in [0.4, 0.5) is 5.82 Å². The zero-order chi connectivity index (χ0) is 27.8. The van der Waals surface area contributed by atoms with Crippen LogP contribution in [0.25, 0.3) is 0 Å². The number of nitrogens with one attached hydrogen (secondary N) is 2. The second-order valence-corrected chi connectivity index (χ2v) is 11.1. The van der Waals surface area contributed by atoms with Crippen LogP contribution in [0, 0.1) is 6.92 Å². The van der Waals surface area contributed by atoms with Crippen LogP contribution >= 0.6 is 0 Å². The van der Waals surface area contributed by atoms with E-state index in [1.165, 1.54) is 5.56 Å². The van der Waals surface area contributed by atoms with E-state index in [4.69, 9.17) is 14.5 Å². The van der Waals surface area contributed by atoms with E-state index in [0.717, 1.165) is 60.5 Å². The second-order valence-electron chi connectivity index (χ2n) is 11.1. The molecule has 1 aromatic heterocycles. The monoisotopic (exact) mass is 540 g/mol. The molecule has 2 N–H and O–H groups in total. The SMILES string of the molecule is COc1cccc(C(C)NC(=O)c2ccc(N3C4CC[C@H]3CC(NC(=O)c3ccc5c(c3C)OCC5)C4)nc2)c1. The van der Waals surface area contributed by atoms with Gasteiger partial charge in [-0.3, -0.25) is 9.59 Å². The molecule has 0 saturated carbocycles. The number of pyridine rings is 1. The first-order valence-corrected chi connectivity index (χ1v) is 14.2. The maximum atomic E-state index is 13.2. The third-order valence-corrected chi connectivity index (χ3v) is 8.63. The molecular formula is C32H36N4O4. The molecule has 8 nitrogen and oxygen atoms in total. The average Bonchev–Trinajstić information content (AvgIpc) is 3.56. The molecule has 3 unspecified atom stereocenters. The average molecular weight is 541 g/mol. The van der Waals surface area contributed by atoms with Gasteiger partial charge in [0.1, 0.15) is 17.3 Å². The second kappa shape index (κ2) is 10.8. The summed E-state index contributed by atoms with van der Waals surface area (Å²) in [7, 11) is 1.63. The number of carbonyl (C=O) groups is 2. The first kappa shape index (κ1) is 26.2. The van der Waals surface area contributed by atoms with Gasteiger partial charge in [-0.1, -0.05) is 18.2 Å². The number of amides is 2. The molecule has 0 spiro atoms. The van der Waals surface area contributed by atoms with Crippen molar-refractivity contribution in [3.05, 3.63) is 82.5 Å². The number of rotatable bonds is 7. The van der Waals surface area contributed by atoms with Crippen molar-refractivity contribution < 1.29 is 19.1 Å². The zero-order valence-electron chi connectivity index (χ0n) is 23.3. The van der Waals surface area contributed by atoms with E-state index in [1.54, 1.807) is 13.3 Å². The van der Waals surface area contributed by atoms with Crippen molar-refractivity contribution in [3.63, 3.8) is 0 Å². The van der Waals surface area contributed by atoms with Gasteiger partial charge in [-0.05, 0) is 81.0 Å². The van der Waals surface area contributed by atoms with Gasteiger partial charge in [-0.25, -0.2) is 4.98 Å². The molecular weight excluding hydrogens is 504 g/mol. The van der Waals surface area contributed by atoms with Crippen LogP contribution in [0.3, 0.4) is 0 Å². The van der Waals surface area contributed by atoms with E-state index < -0.39 is 0 Å². The van der Waals surface area contributed by atoms with Crippen molar-refractivity contribution >= 4 is 17.6 Å². The van der Waals surface area contributed by atoms with E-state index in [1.807, 2.05) is 62.4 Å². The van der Waals surface area contributed by atoms with Gasteiger partial charge in [0.15, 0.2) is 0 Å². The number of nitrogens with zero attached hydrogens (tertiary/aromatic N) is 2. The molecule has 0 radical (unpaired) electrons. The Kier molecular flexibility index (Phi) is 7.09. The third kappa shape index (κ3) is 4.98. The lowest BCUT2D eigenvalue weighted by Gasteiger charge is -2.40. The quantitative estimate of drug-likeness (QED) is 0.449. The Hall–Kier alpha value is -4.07. The molecule has 40 heavy (non-hydrogen) atoms. The molecule has 4 atom stereocenters. The molecule has 6 rings (SSSR count). The molecule has 2 saturated heterocycles. The first-order chi connectivity index (χ1) is 19.4. The first-order valence-electron chi connectivity index (χ1n) is 14.2. The summed E-state index contributed by atoms with van der Waals surface area (Å²) in [5, 5.41) is 6.35. The summed E-state index contributed by atoms with van der Waals surface area (Å²) in [6.45, 7) is 4.61. The number of benzene rings is 2. The minimum Gasteiger partial charge on any atom is -0.497 e. The van der Waals surface area contributed by atoms with Crippen molar-refractivity contribution in [1.82, 2.24) is 15.6 Å². The predicted molar refractivity (Wildman–Crippen MR) is 153 cm³/mol. The Morgan fingerprint density at radius 1 is 1.07 bits per heavy atom. The Bertz CT molecular complexity index is 1410. The highest BCUT2D eigenvalue weighted by Crippen LogP contribution is 2.39.